The second kappa shape index (κ2) is 7.54. The molecule has 1 N–H and O–H groups in total. The van der Waals surface area contributed by atoms with E-state index in [2.05, 4.69) is 0 Å². The first-order chi connectivity index (χ1) is 11.1. The Morgan fingerprint density at radius 1 is 0.870 bits per heavy atom. The van der Waals surface area contributed by atoms with Crippen LogP contribution in [0.5, 0.6) is 23.0 Å². The Labute approximate surface area is 135 Å². The van der Waals surface area contributed by atoms with Gasteiger partial charge in [-0.25, -0.2) is 0 Å². The van der Waals surface area contributed by atoms with E-state index in [4.69, 9.17) is 14.2 Å². The van der Waals surface area contributed by atoms with Crippen LogP contribution in [0.15, 0.2) is 41.2 Å². The van der Waals surface area contributed by atoms with Crippen molar-refractivity contribution in [1.82, 2.24) is 0 Å². The van der Waals surface area contributed by atoms with Crippen LogP contribution in [0.4, 0.5) is 0 Å². The van der Waals surface area contributed by atoms with Crippen LogP contribution in [-0.4, -0.2) is 26.4 Å². The Kier molecular flexibility index (Phi) is 5.46. The van der Waals surface area contributed by atoms with E-state index in [1.54, 1.807) is 27.4 Å². The van der Waals surface area contributed by atoms with Crippen LogP contribution < -0.4 is 19.6 Å². The summed E-state index contributed by atoms with van der Waals surface area (Å²) in [6.45, 7) is 0. The van der Waals surface area contributed by atoms with Crippen molar-refractivity contribution in [3.05, 3.63) is 57.7 Å². The molecule has 0 saturated carbocycles. The molecule has 0 aromatic heterocycles. The normalized spacial score (nSPS) is 10.2. The molecule has 0 aliphatic carbocycles. The van der Waals surface area contributed by atoms with Crippen molar-refractivity contribution >= 4 is 0 Å². The molecule has 5 nitrogen and oxygen atoms in total. The number of rotatable bonds is 6. The lowest BCUT2D eigenvalue weighted by molar-refractivity contribution is 0.324. The van der Waals surface area contributed by atoms with Crippen molar-refractivity contribution in [2.45, 2.75) is 12.8 Å². The third kappa shape index (κ3) is 3.94. The SMILES string of the molecule is COc1cc(CCc2cccc(O)c(=O)c2)cc(OC)c1OC. The van der Waals surface area contributed by atoms with E-state index < -0.39 is 0 Å². The van der Waals surface area contributed by atoms with Gasteiger partial charge in [0, 0.05) is 0 Å². The molecule has 0 radical (unpaired) electrons. The van der Waals surface area contributed by atoms with Gasteiger partial charge in [0.2, 0.25) is 11.2 Å². The van der Waals surface area contributed by atoms with E-state index in [-0.39, 0.29) is 11.2 Å². The van der Waals surface area contributed by atoms with Crippen LogP contribution >= 0.6 is 0 Å². The smallest absolute Gasteiger partial charge is 0.220 e. The minimum absolute atomic E-state index is 0.246. The molecule has 0 spiro atoms. The molecule has 0 fully saturated rings. The van der Waals surface area contributed by atoms with E-state index in [1.165, 1.54) is 12.1 Å². The minimum Gasteiger partial charge on any atom is -0.504 e. The maximum Gasteiger partial charge on any atom is 0.220 e. The van der Waals surface area contributed by atoms with Crippen molar-refractivity contribution in [2.24, 2.45) is 0 Å². The van der Waals surface area contributed by atoms with Gasteiger partial charge in [-0.2, -0.15) is 0 Å². The molecular weight excluding hydrogens is 296 g/mol. The number of aryl methyl sites for hydroxylation is 2. The number of benzene rings is 1. The molecule has 2 aromatic carbocycles. The zero-order valence-electron chi connectivity index (χ0n) is 13.5. The Morgan fingerprint density at radius 3 is 2.04 bits per heavy atom. The molecule has 5 heteroatoms. The van der Waals surface area contributed by atoms with E-state index in [0.717, 1.165) is 11.1 Å². The van der Waals surface area contributed by atoms with Gasteiger partial charge in [-0.15, -0.1) is 0 Å². The number of methoxy groups -OCH3 is 3. The predicted octanol–water partition coefficient (Wildman–Crippen LogP) is 2.56. The Balaban J connectivity index is 2.26. The third-order valence-corrected chi connectivity index (χ3v) is 3.56. The Hall–Kier alpha value is -2.69. The van der Waals surface area contributed by atoms with Gasteiger partial charge in [0.1, 0.15) is 0 Å². The average Bonchev–Trinajstić information content (AvgIpc) is 2.73. The molecule has 0 unspecified atom stereocenters. The van der Waals surface area contributed by atoms with Crippen molar-refractivity contribution in [3.8, 4) is 23.0 Å². The van der Waals surface area contributed by atoms with Crippen LogP contribution in [0, 0.1) is 0 Å². The van der Waals surface area contributed by atoms with Gasteiger partial charge in [-0.05, 0) is 48.2 Å². The fourth-order valence-electron chi connectivity index (χ4n) is 2.36. The highest BCUT2D eigenvalue weighted by Gasteiger charge is 2.13. The van der Waals surface area contributed by atoms with Crippen molar-refractivity contribution < 1.29 is 19.3 Å². The van der Waals surface area contributed by atoms with Crippen LogP contribution in [0.1, 0.15) is 11.1 Å². The van der Waals surface area contributed by atoms with Crippen molar-refractivity contribution in [2.75, 3.05) is 21.3 Å². The summed E-state index contributed by atoms with van der Waals surface area (Å²) in [4.78, 5) is 11.6. The minimum atomic E-state index is -0.380. The molecule has 0 aliphatic heterocycles. The molecule has 0 heterocycles. The fourth-order valence-corrected chi connectivity index (χ4v) is 2.36. The van der Waals surface area contributed by atoms with Crippen LogP contribution in [-0.2, 0) is 12.8 Å². The van der Waals surface area contributed by atoms with Crippen LogP contribution in [0.2, 0.25) is 0 Å². The summed E-state index contributed by atoms with van der Waals surface area (Å²) >= 11 is 0. The highest BCUT2D eigenvalue weighted by Crippen LogP contribution is 2.38. The highest BCUT2D eigenvalue weighted by molar-refractivity contribution is 5.54. The predicted molar refractivity (Wildman–Crippen MR) is 87.9 cm³/mol. The second-order valence-corrected chi connectivity index (χ2v) is 5.03. The number of hydrogen-bond acceptors (Lipinski definition) is 5. The highest BCUT2D eigenvalue weighted by atomic mass is 16.5. The zero-order valence-corrected chi connectivity index (χ0v) is 13.5. The molecule has 0 amide bonds. The summed E-state index contributed by atoms with van der Waals surface area (Å²) in [5.41, 5.74) is 1.47. The van der Waals surface area contributed by atoms with Gasteiger partial charge >= 0.3 is 0 Å². The van der Waals surface area contributed by atoms with E-state index in [1.807, 2.05) is 18.2 Å². The lowest BCUT2D eigenvalue weighted by atomic mass is 10.0. The molecular formula is C18H20O5. The molecule has 2 rings (SSSR count). The average molecular weight is 316 g/mol. The van der Waals surface area contributed by atoms with E-state index in [0.29, 0.717) is 30.1 Å². The topological polar surface area (TPSA) is 65.0 Å². The van der Waals surface area contributed by atoms with Gasteiger partial charge in [-0.1, -0.05) is 12.1 Å². The van der Waals surface area contributed by atoms with Crippen molar-refractivity contribution in [1.29, 1.82) is 0 Å². The van der Waals surface area contributed by atoms with Gasteiger partial charge in [0.05, 0.1) is 21.3 Å². The molecule has 2 aromatic rings. The lowest BCUT2D eigenvalue weighted by Crippen LogP contribution is -1.99. The zero-order chi connectivity index (χ0) is 16.8. The maximum atomic E-state index is 11.6. The number of hydrogen-bond donors (Lipinski definition) is 1. The third-order valence-electron chi connectivity index (χ3n) is 3.56. The van der Waals surface area contributed by atoms with E-state index >= 15 is 0 Å². The molecule has 0 atom stereocenters. The van der Waals surface area contributed by atoms with Crippen LogP contribution in [0.3, 0.4) is 0 Å². The van der Waals surface area contributed by atoms with Gasteiger partial charge < -0.3 is 19.3 Å². The summed E-state index contributed by atoms with van der Waals surface area (Å²) in [6.07, 6.45) is 1.35. The standard InChI is InChI=1S/C18H20O5/c1-21-16-10-13(11-17(22-2)18(16)23-3)8-7-12-5-4-6-14(19)15(20)9-12/h4-6,9-11H,7-8H2,1-3H3,(H,19,20). The molecule has 0 saturated heterocycles. The van der Waals surface area contributed by atoms with Crippen molar-refractivity contribution in [3.63, 3.8) is 0 Å². The summed E-state index contributed by atoms with van der Waals surface area (Å²) in [6, 6.07) is 10.1. The lowest BCUT2D eigenvalue weighted by Gasteiger charge is -2.14. The number of aromatic hydroxyl groups is 1. The largest absolute Gasteiger partial charge is 0.504 e. The summed E-state index contributed by atoms with van der Waals surface area (Å²) in [7, 11) is 4.71. The summed E-state index contributed by atoms with van der Waals surface area (Å²) < 4.78 is 16.0. The Bertz CT molecular complexity index is 715. The first-order valence-corrected chi connectivity index (χ1v) is 7.20. The summed E-state index contributed by atoms with van der Waals surface area (Å²) in [5.74, 6) is 1.51. The monoisotopic (exact) mass is 316 g/mol. The van der Waals surface area contributed by atoms with E-state index in [9.17, 15) is 9.90 Å². The molecule has 0 bridgehead atoms. The summed E-state index contributed by atoms with van der Waals surface area (Å²) in [5, 5.41) is 9.42. The fraction of sp³-hybridized carbons (Fsp3) is 0.278. The Morgan fingerprint density at radius 2 is 1.48 bits per heavy atom. The van der Waals surface area contributed by atoms with Crippen LogP contribution in [0.25, 0.3) is 0 Å². The quantitative estimate of drug-likeness (QED) is 0.887. The first kappa shape index (κ1) is 16.7. The van der Waals surface area contributed by atoms with Gasteiger partial charge in [0.25, 0.3) is 0 Å². The van der Waals surface area contributed by atoms with Gasteiger partial charge in [0.15, 0.2) is 17.2 Å². The maximum absolute atomic E-state index is 11.6. The number of ether oxygens (including phenoxy) is 3. The molecule has 23 heavy (non-hydrogen) atoms. The van der Waals surface area contributed by atoms with Gasteiger partial charge in [-0.3, -0.25) is 4.79 Å². The molecule has 122 valence electrons. The second-order valence-electron chi connectivity index (χ2n) is 5.03. The first-order valence-electron chi connectivity index (χ1n) is 7.20. The molecule has 0 aliphatic rings.